The lowest BCUT2D eigenvalue weighted by Crippen LogP contribution is -2.34. The zero-order chi connectivity index (χ0) is 14.5. The predicted molar refractivity (Wildman–Crippen MR) is 69.0 cm³/mol. The van der Waals surface area contributed by atoms with Crippen LogP contribution in [0.15, 0.2) is 23.1 Å². The van der Waals surface area contributed by atoms with Crippen molar-refractivity contribution < 1.29 is 18.3 Å². The summed E-state index contributed by atoms with van der Waals surface area (Å²) in [5, 5.41) is 18.1. The number of aryl methyl sites for hydroxylation is 1. The Kier molecular flexibility index (Phi) is 5.44. The number of nitriles is 1. The Morgan fingerprint density at radius 1 is 1.53 bits per heavy atom. The van der Waals surface area contributed by atoms with Gasteiger partial charge < -0.3 is 9.84 Å². The molecule has 0 heterocycles. The fourth-order valence-electron chi connectivity index (χ4n) is 1.56. The summed E-state index contributed by atoms with van der Waals surface area (Å²) in [5.41, 5.74) is 0.878. The molecular formula is C12H16N2O4S. The highest BCUT2D eigenvalue weighted by Gasteiger charge is 2.18. The van der Waals surface area contributed by atoms with Gasteiger partial charge in [-0.25, -0.2) is 13.1 Å². The third kappa shape index (κ3) is 4.29. The summed E-state index contributed by atoms with van der Waals surface area (Å²) < 4.78 is 31.0. The van der Waals surface area contributed by atoms with Gasteiger partial charge in [0, 0.05) is 13.7 Å². The van der Waals surface area contributed by atoms with Crippen LogP contribution in [0.4, 0.5) is 0 Å². The van der Waals surface area contributed by atoms with Crippen LogP contribution in [-0.2, 0) is 14.8 Å². The standard InChI is InChI=1S/C12H16N2O4S/c1-9-5-10(6-13)3-4-12(9)19(16,17)14-7-11(15)8-18-2/h3-5,11,14-15H,7-8H2,1-2H3. The molecule has 0 aliphatic heterocycles. The smallest absolute Gasteiger partial charge is 0.240 e. The summed E-state index contributed by atoms with van der Waals surface area (Å²) in [4.78, 5) is 0.0936. The van der Waals surface area contributed by atoms with Gasteiger partial charge in [-0.3, -0.25) is 0 Å². The minimum absolute atomic E-state index is 0.0505. The van der Waals surface area contributed by atoms with Gasteiger partial charge in [-0.15, -0.1) is 0 Å². The SMILES string of the molecule is COCC(O)CNS(=O)(=O)c1ccc(C#N)cc1C. The van der Waals surface area contributed by atoms with E-state index in [1.807, 2.05) is 6.07 Å². The first kappa shape index (κ1) is 15.6. The molecule has 104 valence electrons. The van der Waals surface area contributed by atoms with E-state index in [4.69, 9.17) is 10.00 Å². The molecule has 0 aliphatic carbocycles. The largest absolute Gasteiger partial charge is 0.389 e. The maximum atomic E-state index is 12.0. The lowest BCUT2D eigenvalue weighted by molar-refractivity contribution is 0.0679. The Morgan fingerprint density at radius 2 is 2.21 bits per heavy atom. The fourth-order valence-corrected chi connectivity index (χ4v) is 2.85. The van der Waals surface area contributed by atoms with E-state index >= 15 is 0 Å². The van der Waals surface area contributed by atoms with Crippen molar-refractivity contribution in [1.82, 2.24) is 4.72 Å². The minimum Gasteiger partial charge on any atom is -0.389 e. The van der Waals surface area contributed by atoms with E-state index in [1.165, 1.54) is 25.3 Å². The second-order valence-electron chi connectivity index (χ2n) is 4.05. The third-order valence-electron chi connectivity index (χ3n) is 2.46. The number of aliphatic hydroxyl groups is 1. The number of sulfonamides is 1. The van der Waals surface area contributed by atoms with Gasteiger partial charge in [0.2, 0.25) is 10.0 Å². The number of aliphatic hydroxyl groups excluding tert-OH is 1. The summed E-state index contributed by atoms with van der Waals surface area (Å²) in [7, 11) is -2.29. The molecule has 0 spiro atoms. The van der Waals surface area contributed by atoms with Crippen molar-refractivity contribution in [1.29, 1.82) is 5.26 Å². The normalized spacial score (nSPS) is 12.9. The van der Waals surface area contributed by atoms with Crippen LogP contribution in [0, 0.1) is 18.3 Å². The summed E-state index contributed by atoms with van der Waals surface area (Å²) in [6.45, 7) is 1.53. The molecule has 0 amide bonds. The Bertz CT molecular complexity index is 578. The number of hydrogen-bond donors (Lipinski definition) is 2. The number of hydrogen-bond acceptors (Lipinski definition) is 5. The van der Waals surface area contributed by atoms with Crippen LogP contribution in [0.5, 0.6) is 0 Å². The molecule has 1 unspecified atom stereocenters. The number of benzene rings is 1. The van der Waals surface area contributed by atoms with E-state index < -0.39 is 16.1 Å². The highest BCUT2D eigenvalue weighted by Crippen LogP contribution is 2.16. The van der Waals surface area contributed by atoms with Crippen LogP contribution in [0.3, 0.4) is 0 Å². The first-order valence-corrected chi connectivity index (χ1v) is 7.06. The molecule has 19 heavy (non-hydrogen) atoms. The fraction of sp³-hybridized carbons (Fsp3) is 0.417. The molecular weight excluding hydrogens is 268 g/mol. The summed E-state index contributed by atoms with van der Waals surface area (Å²) in [6, 6.07) is 6.25. The zero-order valence-corrected chi connectivity index (χ0v) is 11.6. The molecule has 0 aliphatic rings. The number of rotatable bonds is 6. The predicted octanol–water partition coefficient (Wildman–Crippen LogP) is 0.152. The van der Waals surface area contributed by atoms with Crippen LogP contribution in [0.2, 0.25) is 0 Å². The highest BCUT2D eigenvalue weighted by atomic mass is 32.2. The third-order valence-corrected chi connectivity index (χ3v) is 4.05. The molecule has 0 aromatic heterocycles. The maximum Gasteiger partial charge on any atom is 0.240 e. The first-order chi connectivity index (χ1) is 8.90. The Morgan fingerprint density at radius 3 is 2.74 bits per heavy atom. The first-order valence-electron chi connectivity index (χ1n) is 5.58. The zero-order valence-electron chi connectivity index (χ0n) is 10.8. The van der Waals surface area contributed by atoms with Crippen LogP contribution in [0.25, 0.3) is 0 Å². The lowest BCUT2D eigenvalue weighted by atomic mass is 10.2. The number of methoxy groups -OCH3 is 1. The molecule has 1 aromatic rings. The van der Waals surface area contributed by atoms with E-state index in [1.54, 1.807) is 6.92 Å². The lowest BCUT2D eigenvalue weighted by Gasteiger charge is -2.12. The van der Waals surface area contributed by atoms with Crippen molar-refractivity contribution in [2.24, 2.45) is 0 Å². The molecule has 0 saturated carbocycles. The molecule has 1 rings (SSSR count). The van der Waals surface area contributed by atoms with Gasteiger partial charge in [-0.05, 0) is 30.7 Å². The molecule has 7 heteroatoms. The number of nitrogens with zero attached hydrogens (tertiary/aromatic N) is 1. The average molecular weight is 284 g/mol. The van der Waals surface area contributed by atoms with E-state index in [9.17, 15) is 13.5 Å². The topological polar surface area (TPSA) is 99.4 Å². The van der Waals surface area contributed by atoms with Crippen molar-refractivity contribution in [3.63, 3.8) is 0 Å². The molecule has 1 aromatic carbocycles. The van der Waals surface area contributed by atoms with Gasteiger partial charge >= 0.3 is 0 Å². The van der Waals surface area contributed by atoms with Crippen molar-refractivity contribution in [2.75, 3.05) is 20.3 Å². The summed E-state index contributed by atoms with van der Waals surface area (Å²) >= 11 is 0. The van der Waals surface area contributed by atoms with Gasteiger partial charge in [0.05, 0.1) is 29.2 Å². The minimum atomic E-state index is -3.70. The second-order valence-corrected chi connectivity index (χ2v) is 5.79. The molecule has 0 radical (unpaired) electrons. The van der Waals surface area contributed by atoms with E-state index in [-0.39, 0.29) is 18.0 Å². The second kappa shape index (κ2) is 6.63. The Hall–Kier alpha value is -1.46. The molecule has 1 atom stereocenters. The van der Waals surface area contributed by atoms with Crippen LogP contribution >= 0.6 is 0 Å². The molecule has 0 bridgehead atoms. The Balaban J connectivity index is 2.86. The number of ether oxygens (including phenoxy) is 1. The van der Waals surface area contributed by atoms with Crippen molar-refractivity contribution >= 4 is 10.0 Å². The van der Waals surface area contributed by atoms with Crippen molar-refractivity contribution in [3.8, 4) is 6.07 Å². The molecule has 2 N–H and O–H groups in total. The number of nitrogens with one attached hydrogen (secondary N) is 1. The van der Waals surface area contributed by atoms with E-state index in [2.05, 4.69) is 4.72 Å². The molecule has 0 saturated heterocycles. The summed E-state index contributed by atoms with van der Waals surface area (Å²) in [5.74, 6) is 0. The summed E-state index contributed by atoms with van der Waals surface area (Å²) in [6.07, 6.45) is -0.904. The molecule has 0 fully saturated rings. The van der Waals surface area contributed by atoms with Crippen molar-refractivity contribution in [3.05, 3.63) is 29.3 Å². The average Bonchev–Trinajstić information content (AvgIpc) is 2.36. The van der Waals surface area contributed by atoms with Gasteiger partial charge in [-0.1, -0.05) is 0 Å². The van der Waals surface area contributed by atoms with Gasteiger partial charge in [0.1, 0.15) is 0 Å². The van der Waals surface area contributed by atoms with E-state index in [0.29, 0.717) is 11.1 Å². The quantitative estimate of drug-likeness (QED) is 0.774. The van der Waals surface area contributed by atoms with Crippen LogP contribution in [-0.4, -0.2) is 39.9 Å². The van der Waals surface area contributed by atoms with E-state index in [0.717, 1.165) is 0 Å². The van der Waals surface area contributed by atoms with Crippen LogP contribution in [0.1, 0.15) is 11.1 Å². The van der Waals surface area contributed by atoms with Crippen LogP contribution < -0.4 is 4.72 Å². The Labute approximate surface area is 112 Å². The van der Waals surface area contributed by atoms with Gasteiger partial charge in [0.25, 0.3) is 0 Å². The monoisotopic (exact) mass is 284 g/mol. The maximum absolute atomic E-state index is 12.0. The van der Waals surface area contributed by atoms with Crippen molar-refractivity contribution in [2.45, 2.75) is 17.9 Å². The molecule has 6 nitrogen and oxygen atoms in total. The van der Waals surface area contributed by atoms with Gasteiger partial charge in [0.15, 0.2) is 0 Å². The van der Waals surface area contributed by atoms with Gasteiger partial charge in [-0.2, -0.15) is 5.26 Å². The highest BCUT2D eigenvalue weighted by molar-refractivity contribution is 7.89.